The normalized spacial score (nSPS) is 23.2. The van der Waals surface area contributed by atoms with E-state index in [1.54, 1.807) is 10.9 Å². The van der Waals surface area contributed by atoms with Crippen LogP contribution in [-0.4, -0.2) is 20.8 Å². The molecule has 1 N–H and O–H groups in total. The number of aromatic nitrogens is 3. The summed E-state index contributed by atoms with van der Waals surface area (Å²) in [7, 11) is 0. The van der Waals surface area contributed by atoms with Crippen LogP contribution >= 0.6 is 0 Å². The van der Waals surface area contributed by atoms with Crippen molar-refractivity contribution in [3.63, 3.8) is 0 Å². The van der Waals surface area contributed by atoms with Crippen molar-refractivity contribution in [2.75, 3.05) is 5.32 Å². The highest BCUT2D eigenvalue weighted by Crippen LogP contribution is 2.26. The van der Waals surface area contributed by atoms with Crippen LogP contribution in [-0.2, 0) is 0 Å². The Morgan fingerprint density at radius 1 is 1.26 bits per heavy atom. The summed E-state index contributed by atoms with van der Waals surface area (Å²) in [5.74, 6) is 1.60. The van der Waals surface area contributed by atoms with Crippen LogP contribution in [0, 0.1) is 5.92 Å². The van der Waals surface area contributed by atoms with E-state index < -0.39 is 0 Å². The molecule has 3 rings (SSSR count). The van der Waals surface area contributed by atoms with E-state index in [0.29, 0.717) is 6.04 Å². The number of nitrogens with zero attached hydrogens (tertiary/aromatic N) is 3. The third-order valence-electron chi connectivity index (χ3n) is 3.95. The predicted octanol–water partition coefficient (Wildman–Crippen LogP) is 3.26. The Bertz CT molecular complexity index is 503. The van der Waals surface area contributed by atoms with Crippen LogP contribution < -0.4 is 5.32 Å². The van der Waals surface area contributed by atoms with Gasteiger partial charge in [0.2, 0.25) is 0 Å². The van der Waals surface area contributed by atoms with Crippen LogP contribution in [0.4, 0.5) is 5.69 Å². The molecule has 0 aliphatic heterocycles. The summed E-state index contributed by atoms with van der Waals surface area (Å²) in [4.78, 5) is 4.45. The van der Waals surface area contributed by atoms with E-state index in [4.69, 9.17) is 0 Å². The Hall–Kier alpha value is -1.84. The summed E-state index contributed by atoms with van der Waals surface area (Å²) in [6.07, 6.45) is 10.9. The summed E-state index contributed by atoms with van der Waals surface area (Å²) in [6.45, 7) is 2.34. The lowest BCUT2D eigenvalue weighted by molar-refractivity contribution is 0.349. The molecule has 4 heteroatoms. The molecule has 1 saturated carbocycles. The van der Waals surface area contributed by atoms with E-state index in [1.807, 2.05) is 24.5 Å². The number of rotatable bonds is 3. The van der Waals surface area contributed by atoms with E-state index in [2.05, 4.69) is 28.4 Å². The second-order valence-electron chi connectivity index (χ2n) is 5.37. The maximum Gasteiger partial charge on any atom is 0.153 e. The number of pyridine rings is 1. The van der Waals surface area contributed by atoms with Gasteiger partial charge in [0, 0.05) is 18.4 Å². The molecule has 0 amide bonds. The summed E-state index contributed by atoms with van der Waals surface area (Å²) >= 11 is 0. The molecule has 2 aromatic heterocycles. The predicted molar refractivity (Wildman–Crippen MR) is 76.4 cm³/mol. The molecule has 0 saturated heterocycles. The van der Waals surface area contributed by atoms with Gasteiger partial charge in [-0.05, 0) is 37.0 Å². The maximum absolute atomic E-state index is 4.45. The Kier molecular flexibility index (Phi) is 3.49. The average molecular weight is 256 g/mol. The van der Waals surface area contributed by atoms with E-state index in [9.17, 15) is 0 Å². The Labute approximate surface area is 113 Å². The minimum Gasteiger partial charge on any atom is -0.381 e. The summed E-state index contributed by atoms with van der Waals surface area (Å²) in [5.41, 5.74) is 1.11. The Balaban J connectivity index is 1.69. The van der Waals surface area contributed by atoms with Crippen LogP contribution in [0.5, 0.6) is 0 Å². The highest BCUT2D eigenvalue weighted by Gasteiger charge is 2.20. The smallest absolute Gasteiger partial charge is 0.153 e. The number of hydrogen-bond acceptors (Lipinski definition) is 3. The maximum atomic E-state index is 4.45. The van der Waals surface area contributed by atoms with Crippen molar-refractivity contribution in [2.24, 2.45) is 5.92 Å². The molecule has 0 aromatic carbocycles. The summed E-state index contributed by atoms with van der Waals surface area (Å²) < 4.78 is 1.77. The van der Waals surface area contributed by atoms with Gasteiger partial charge in [0.1, 0.15) is 0 Å². The first-order chi connectivity index (χ1) is 9.33. The molecule has 2 heterocycles. The van der Waals surface area contributed by atoms with Gasteiger partial charge >= 0.3 is 0 Å². The molecule has 0 spiro atoms. The van der Waals surface area contributed by atoms with Gasteiger partial charge in [-0.1, -0.05) is 19.8 Å². The molecule has 0 bridgehead atoms. The van der Waals surface area contributed by atoms with E-state index in [0.717, 1.165) is 17.4 Å². The zero-order valence-electron chi connectivity index (χ0n) is 11.3. The summed E-state index contributed by atoms with van der Waals surface area (Å²) in [6, 6.07) is 6.58. The lowest BCUT2D eigenvalue weighted by atomic mass is 9.86. The Morgan fingerprint density at radius 2 is 2.16 bits per heavy atom. The van der Waals surface area contributed by atoms with Gasteiger partial charge < -0.3 is 5.32 Å². The van der Waals surface area contributed by atoms with Crippen molar-refractivity contribution in [3.8, 4) is 5.82 Å². The first-order valence-corrected chi connectivity index (χ1v) is 7.05. The topological polar surface area (TPSA) is 42.7 Å². The largest absolute Gasteiger partial charge is 0.381 e. The van der Waals surface area contributed by atoms with Gasteiger partial charge in [0.25, 0.3) is 0 Å². The van der Waals surface area contributed by atoms with Crippen molar-refractivity contribution < 1.29 is 0 Å². The van der Waals surface area contributed by atoms with Gasteiger partial charge in [-0.15, -0.1) is 0 Å². The Morgan fingerprint density at radius 3 is 2.84 bits per heavy atom. The molecule has 0 radical (unpaired) electrons. The van der Waals surface area contributed by atoms with E-state index >= 15 is 0 Å². The second kappa shape index (κ2) is 5.43. The zero-order valence-corrected chi connectivity index (χ0v) is 11.3. The summed E-state index contributed by atoms with van der Waals surface area (Å²) in [5, 5.41) is 7.79. The van der Waals surface area contributed by atoms with Crippen LogP contribution in [0.2, 0.25) is 0 Å². The fourth-order valence-electron chi connectivity index (χ4n) is 2.76. The van der Waals surface area contributed by atoms with Crippen molar-refractivity contribution >= 4 is 5.69 Å². The molecular weight excluding hydrogens is 236 g/mol. The SMILES string of the molecule is CC1CCCCC1Nc1ccc(-n2cccn2)nc1. The van der Waals surface area contributed by atoms with Crippen molar-refractivity contribution in [1.29, 1.82) is 0 Å². The van der Waals surface area contributed by atoms with E-state index in [1.165, 1.54) is 25.7 Å². The van der Waals surface area contributed by atoms with E-state index in [-0.39, 0.29) is 0 Å². The number of anilines is 1. The molecule has 1 aliphatic carbocycles. The third kappa shape index (κ3) is 2.78. The van der Waals surface area contributed by atoms with Gasteiger partial charge in [-0.3, -0.25) is 0 Å². The van der Waals surface area contributed by atoms with Crippen LogP contribution in [0.1, 0.15) is 32.6 Å². The van der Waals surface area contributed by atoms with Crippen molar-refractivity contribution in [1.82, 2.24) is 14.8 Å². The van der Waals surface area contributed by atoms with Gasteiger partial charge in [0.05, 0.1) is 11.9 Å². The lowest BCUT2D eigenvalue weighted by Gasteiger charge is -2.30. The zero-order chi connectivity index (χ0) is 13.1. The number of nitrogens with one attached hydrogen (secondary N) is 1. The third-order valence-corrected chi connectivity index (χ3v) is 3.95. The first-order valence-electron chi connectivity index (χ1n) is 7.05. The van der Waals surface area contributed by atoms with Crippen molar-refractivity contribution in [3.05, 3.63) is 36.8 Å². The molecule has 2 unspecified atom stereocenters. The van der Waals surface area contributed by atoms with Crippen LogP contribution in [0.3, 0.4) is 0 Å². The van der Waals surface area contributed by atoms with Crippen LogP contribution in [0.15, 0.2) is 36.8 Å². The van der Waals surface area contributed by atoms with Gasteiger partial charge in [-0.2, -0.15) is 5.10 Å². The fourth-order valence-corrected chi connectivity index (χ4v) is 2.76. The van der Waals surface area contributed by atoms with Gasteiger partial charge in [-0.25, -0.2) is 9.67 Å². The molecule has 4 nitrogen and oxygen atoms in total. The highest BCUT2D eigenvalue weighted by molar-refractivity contribution is 5.44. The fraction of sp³-hybridized carbons (Fsp3) is 0.467. The minimum atomic E-state index is 0.589. The molecular formula is C15H20N4. The molecule has 19 heavy (non-hydrogen) atoms. The van der Waals surface area contributed by atoms with Gasteiger partial charge in [0.15, 0.2) is 5.82 Å². The quantitative estimate of drug-likeness (QED) is 0.916. The highest BCUT2D eigenvalue weighted by atomic mass is 15.3. The first kappa shape index (κ1) is 12.2. The lowest BCUT2D eigenvalue weighted by Crippen LogP contribution is -2.30. The second-order valence-corrected chi connectivity index (χ2v) is 5.37. The minimum absolute atomic E-state index is 0.589. The molecule has 1 aliphatic rings. The average Bonchev–Trinajstić information content (AvgIpc) is 2.96. The molecule has 2 atom stereocenters. The standard InChI is InChI=1S/C15H20N4/c1-12-5-2-3-6-14(12)18-13-7-8-15(16-11-13)19-10-4-9-17-19/h4,7-12,14,18H,2-3,5-6H2,1H3. The molecule has 2 aromatic rings. The molecule has 100 valence electrons. The van der Waals surface area contributed by atoms with Crippen LogP contribution in [0.25, 0.3) is 5.82 Å². The molecule has 1 fully saturated rings. The number of hydrogen-bond donors (Lipinski definition) is 1. The van der Waals surface area contributed by atoms with Crippen molar-refractivity contribution in [2.45, 2.75) is 38.6 Å². The monoisotopic (exact) mass is 256 g/mol.